The first-order chi connectivity index (χ1) is 7.24. The van der Waals surface area contributed by atoms with Crippen LogP contribution in [0.25, 0.3) is 0 Å². The van der Waals surface area contributed by atoms with Crippen LogP contribution >= 0.6 is 23.4 Å². The van der Waals surface area contributed by atoms with Crippen molar-refractivity contribution in [3.8, 4) is 0 Å². The summed E-state index contributed by atoms with van der Waals surface area (Å²) in [4.78, 5) is 1.17. The van der Waals surface area contributed by atoms with E-state index in [-0.39, 0.29) is 12.0 Å². The van der Waals surface area contributed by atoms with Gasteiger partial charge in [0.1, 0.15) is 0 Å². The molecule has 81 valence electrons. The van der Waals surface area contributed by atoms with Crippen molar-refractivity contribution in [3.63, 3.8) is 0 Å². The molecule has 0 heterocycles. The highest BCUT2D eigenvalue weighted by Gasteiger charge is 2.36. The van der Waals surface area contributed by atoms with Gasteiger partial charge in [-0.3, -0.25) is 0 Å². The molecule has 1 nitrogen and oxygen atoms in total. The molecule has 0 unspecified atom stereocenters. The van der Waals surface area contributed by atoms with Gasteiger partial charge in [-0.2, -0.15) is 0 Å². The second kappa shape index (κ2) is 4.77. The predicted octanol–water partition coefficient (Wildman–Crippen LogP) is 4.03. The molecule has 0 saturated heterocycles. The second-order valence-corrected chi connectivity index (χ2v) is 5.73. The fourth-order valence-corrected chi connectivity index (χ4v) is 3.29. The van der Waals surface area contributed by atoms with Gasteiger partial charge in [0.15, 0.2) is 0 Å². The minimum absolute atomic E-state index is 0.0700. The molecule has 0 spiro atoms. The Labute approximate surface area is 99.8 Å². The molecule has 1 aliphatic carbocycles. The zero-order valence-corrected chi connectivity index (χ0v) is 10.1. The van der Waals surface area contributed by atoms with Crippen LogP contribution in [0.5, 0.6) is 0 Å². The van der Waals surface area contributed by atoms with Crippen LogP contribution in [0.2, 0.25) is 5.02 Å². The molecule has 0 amide bonds. The molecule has 1 aromatic carbocycles. The van der Waals surface area contributed by atoms with Crippen molar-refractivity contribution in [2.45, 2.75) is 24.2 Å². The third kappa shape index (κ3) is 2.68. The largest absolute Gasteiger partial charge is 0.236 e. The fraction of sp³-hybridized carbons (Fsp3) is 0.500. The highest BCUT2D eigenvalue weighted by atomic mass is 35.5. The molecule has 1 radical (unpaired) electrons. The van der Waals surface area contributed by atoms with Gasteiger partial charge in [0.25, 0.3) is 0 Å². The molecule has 2 rings (SSSR count). The summed E-state index contributed by atoms with van der Waals surface area (Å²) in [5.41, 5.74) is 0.0764. The van der Waals surface area contributed by atoms with Crippen molar-refractivity contribution in [1.29, 1.82) is 0 Å². The van der Waals surface area contributed by atoms with Gasteiger partial charge in [0.05, 0.1) is 6.61 Å². The molecule has 3 heteroatoms. The number of hydrogen-bond acceptors (Lipinski definition) is 1. The van der Waals surface area contributed by atoms with E-state index in [4.69, 9.17) is 11.6 Å². The molecule has 1 fully saturated rings. The highest BCUT2D eigenvalue weighted by Crippen LogP contribution is 2.44. The average molecular weight is 242 g/mol. The Kier molecular flexibility index (Phi) is 3.60. The maximum Gasteiger partial charge on any atom is 0.0886 e. The maximum atomic E-state index is 11.1. The highest BCUT2D eigenvalue weighted by molar-refractivity contribution is 7.99. The molecule has 0 atom stereocenters. The lowest BCUT2D eigenvalue weighted by atomic mass is 9.71. The van der Waals surface area contributed by atoms with Gasteiger partial charge in [-0.05, 0) is 31.0 Å². The molecule has 0 bridgehead atoms. The SMILES string of the molecule is [O]CC1(CSc2cccc(Cl)c2)CCC1. The Hall–Kier alpha value is -0.180. The molecule has 0 N–H and O–H groups in total. The van der Waals surface area contributed by atoms with Crippen molar-refractivity contribution >= 4 is 23.4 Å². The van der Waals surface area contributed by atoms with E-state index < -0.39 is 0 Å². The lowest BCUT2D eigenvalue weighted by molar-refractivity contribution is 0.0264. The zero-order chi connectivity index (χ0) is 10.7. The van der Waals surface area contributed by atoms with Crippen molar-refractivity contribution in [2.24, 2.45) is 5.41 Å². The summed E-state index contributed by atoms with van der Waals surface area (Å²) in [5, 5.41) is 11.9. The van der Waals surface area contributed by atoms with Crippen LogP contribution in [-0.4, -0.2) is 12.4 Å². The maximum absolute atomic E-state index is 11.1. The van der Waals surface area contributed by atoms with Gasteiger partial charge in [-0.15, -0.1) is 11.8 Å². The molecule has 1 aromatic rings. The van der Waals surface area contributed by atoms with Crippen LogP contribution in [-0.2, 0) is 5.11 Å². The Balaban J connectivity index is 1.92. The summed E-state index contributed by atoms with van der Waals surface area (Å²) >= 11 is 7.66. The molecular formula is C12H14ClOS. The Morgan fingerprint density at radius 3 is 2.73 bits per heavy atom. The van der Waals surface area contributed by atoms with Crippen LogP contribution in [0.1, 0.15) is 19.3 Å². The minimum atomic E-state index is 0.0700. The predicted molar refractivity (Wildman–Crippen MR) is 64.0 cm³/mol. The lowest BCUT2D eigenvalue weighted by Gasteiger charge is -2.39. The smallest absolute Gasteiger partial charge is 0.0886 e. The molecule has 15 heavy (non-hydrogen) atoms. The van der Waals surface area contributed by atoms with E-state index >= 15 is 0 Å². The van der Waals surface area contributed by atoms with E-state index in [9.17, 15) is 5.11 Å². The zero-order valence-electron chi connectivity index (χ0n) is 8.54. The quantitative estimate of drug-likeness (QED) is 0.729. The van der Waals surface area contributed by atoms with Crippen LogP contribution in [0.15, 0.2) is 29.2 Å². The van der Waals surface area contributed by atoms with Gasteiger partial charge in [-0.25, -0.2) is 5.11 Å². The van der Waals surface area contributed by atoms with E-state index in [1.54, 1.807) is 11.8 Å². The second-order valence-electron chi connectivity index (χ2n) is 4.24. The summed E-state index contributed by atoms with van der Waals surface area (Å²) in [6.45, 7) is 0.0700. The molecule has 1 saturated carbocycles. The minimum Gasteiger partial charge on any atom is -0.236 e. The average Bonchev–Trinajstić information content (AvgIpc) is 2.17. The van der Waals surface area contributed by atoms with Crippen LogP contribution in [0.3, 0.4) is 0 Å². The summed E-state index contributed by atoms with van der Waals surface area (Å²) in [7, 11) is 0. The van der Waals surface area contributed by atoms with E-state index in [1.165, 1.54) is 11.3 Å². The van der Waals surface area contributed by atoms with Crippen molar-refractivity contribution < 1.29 is 5.11 Å². The standard InChI is InChI=1S/C12H14ClOS/c13-10-3-1-4-11(7-10)15-9-12(8-14)5-2-6-12/h1,3-4,7H,2,5-6,8-9H2. The summed E-state index contributed by atoms with van der Waals surface area (Å²) < 4.78 is 0. The lowest BCUT2D eigenvalue weighted by Crippen LogP contribution is -2.35. The van der Waals surface area contributed by atoms with Crippen LogP contribution < -0.4 is 0 Å². The van der Waals surface area contributed by atoms with Gasteiger partial charge < -0.3 is 0 Å². The first-order valence-corrected chi connectivity index (χ1v) is 6.57. The van der Waals surface area contributed by atoms with Gasteiger partial charge in [0.2, 0.25) is 0 Å². The topological polar surface area (TPSA) is 19.9 Å². The van der Waals surface area contributed by atoms with Crippen molar-refractivity contribution in [1.82, 2.24) is 0 Å². The van der Waals surface area contributed by atoms with Crippen molar-refractivity contribution in [2.75, 3.05) is 12.4 Å². The molecule has 1 aliphatic rings. The normalized spacial score (nSPS) is 18.5. The number of hydrogen-bond donors (Lipinski definition) is 0. The monoisotopic (exact) mass is 241 g/mol. The third-order valence-electron chi connectivity index (χ3n) is 3.06. The fourth-order valence-electron chi connectivity index (χ4n) is 1.80. The van der Waals surface area contributed by atoms with Gasteiger partial charge in [-0.1, -0.05) is 24.1 Å². The number of rotatable bonds is 4. The Morgan fingerprint density at radius 2 is 2.20 bits per heavy atom. The third-order valence-corrected chi connectivity index (χ3v) is 4.64. The molecule has 0 aromatic heterocycles. The summed E-state index contributed by atoms with van der Waals surface area (Å²) in [6.07, 6.45) is 3.42. The molecular weight excluding hydrogens is 228 g/mol. The summed E-state index contributed by atoms with van der Waals surface area (Å²) in [6, 6.07) is 7.84. The molecule has 0 aliphatic heterocycles. The van der Waals surface area contributed by atoms with E-state index in [0.29, 0.717) is 0 Å². The van der Waals surface area contributed by atoms with E-state index in [1.807, 2.05) is 24.3 Å². The van der Waals surface area contributed by atoms with E-state index in [2.05, 4.69) is 0 Å². The first-order valence-electron chi connectivity index (χ1n) is 5.21. The first kappa shape index (κ1) is 11.3. The van der Waals surface area contributed by atoms with Crippen molar-refractivity contribution in [3.05, 3.63) is 29.3 Å². The van der Waals surface area contributed by atoms with Gasteiger partial charge in [0, 0.05) is 21.1 Å². The van der Waals surface area contributed by atoms with Gasteiger partial charge >= 0.3 is 0 Å². The van der Waals surface area contributed by atoms with Crippen LogP contribution in [0.4, 0.5) is 0 Å². The van der Waals surface area contributed by atoms with Crippen LogP contribution in [0, 0.1) is 5.41 Å². The Morgan fingerprint density at radius 1 is 1.40 bits per heavy atom. The summed E-state index contributed by atoms with van der Waals surface area (Å²) in [5.74, 6) is 0.941. The number of halogens is 1. The van der Waals surface area contributed by atoms with E-state index in [0.717, 1.165) is 23.6 Å². The number of thioether (sulfide) groups is 1. The Bertz CT molecular complexity index is 331. The number of benzene rings is 1.